The molecule has 1 saturated heterocycles. The Balaban J connectivity index is 2.66. The summed E-state index contributed by atoms with van der Waals surface area (Å²) in [6.45, 7) is 0. The van der Waals surface area contributed by atoms with Gasteiger partial charge in [0.05, 0.1) is 17.5 Å². The first-order valence-electron chi connectivity index (χ1n) is 3.13. The number of hydrogen-bond acceptors (Lipinski definition) is 4. The van der Waals surface area contributed by atoms with Crippen LogP contribution in [0.3, 0.4) is 0 Å². The lowest BCUT2D eigenvalue weighted by molar-refractivity contribution is -0.110. The number of carbonyl (C=O) groups is 1. The van der Waals surface area contributed by atoms with Crippen molar-refractivity contribution in [2.24, 2.45) is 0 Å². The second-order valence-electron chi connectivity index (χ2n) is 2.54. The van der Waals surface area contributed by atoms with Gasteiger partial charge in [-0.25, -0.2) is 8.42 Å². The summed E-state index contributed by atoms with van der Waals surface area (Å²) in [5, 5.41) is 2.15. The Morgan fingerprint density at radius 2 is 2.09 bits per heavy atom. The zero-order chi connectivity index (χ0) is 8.48. The van der Waals surface area contributed by atoms with Crippen molar-refractivity contribution in [3.8, 4) is 0 Å². The SMILES string of the molecule is O=CN[C@H]1CS(=O)(=O)C[C@H]1S. The molecular formula is C5H9NO3S2. The molecule has 0 aliphatic carbocycles. The van der Waals surface area contributed by atoms with Gasteiger partial charge in [-0.2, -0.15) is 12.6 Å². The third kappa shape index (κ3) is 2.10. The molecule has 4 nitrogen and oxygen atoms in total. The van der Waals surface area contributed by atoms with Gasteiger partial charge in [0.2, 0.25) is 6.41 Å². The Hall–Kier alpha value is -0.230. The van der Waals surface area contributed by atoms with Crippen LogP contribution in [-0.4, -0.2) is 37.6 Å². The summed E-state index contributed by atoms with van der Waals surface area (Å²) in [5.74, 6) is 0.0710. The first-order chi connectivity index (χ1) is 5.05. The molecule has 0 aromatic rings. The molecule has 1 aliphatic rings. The Bertz CT molecular complexity index is 248. The van der Waals surface area contributed by atoms with Crippen LogP contribution < -0.4 is 5.32 Å². The van der Waals surface area contributed by atoms with Gasteiger partial charge in [0.25, 0.3) is 0 Å². The molecule has 2 atom stereocenters. The first kappa shape index (κ1) is 8.86. The van der Waals surface area contributed by atoms with Crippen LogP contribution in [0.4, 0.5) is 0 Å². The van der Waals surface area contributed by atoms with Gasteiger partial charge in [0, 0.05) is 5.25 Å². The monoisotopic (exact) mass is 195 g/mol. The van der Waals surface area contributed by atoms with Gasteiger partial charge in [0.15, 0.2) is 9.84 Å². The highest BCUT2D eigenvalue weighted by molar-refractivity contribution is 7.93. The molecule has 1 amide bonds. The molecule has 1 aliphatic heterocycles. The first-order valence-corrected chi connectivity index (χ1v) is 5.47. The van der Waals surface area contributed by atoms with E-state index >= 15 is 0 Å². The van der Waals surface area contributed by atoms with E-state index in [1.54, 1.807) is 0 Å². The standard InChI is InChI=1S/C5H9NO3S2/c7-3-6-4-1-11(8,9)2-5(4)10/h3-5,10H,1-2H2,(H,6,7)/t4-,5+/m0/s1. The highest BCUT2D eigenvalue weighted by Crippen LogP contribution is 2.16. The predicted octanol–water partition coefficient (Wildman–Crippen LogP) is -1.17. The number of thiol groups is 1. The molecule has 0 aromatic carbocycles. The van der Waals surface area contributed by atoms with E-state index in [1.807, 2.05) is 0 Å². The summed E-state index contributed by atoms with van der Waals surface area (Å²) in [7, 11) is -2.96. The zero-order valence-electron chi connectivity index (χ0n) is 5.73. The molecule has 1 rings (SSSR count). The molecule has 11 heavy (non-hydrogen) atoms. The summed E-state index contributed by atoms with van der Waals surface area (Å²) in [6, 6.07) is -0.319. The largest absolute Gasteiger partial charge is 0.354 e. The van der Waals surface area contributed by atoms with Gasteiger partial charge in [-0.05, 0) is 0 Å². The van der Waals surface area contributed by atoms with Crippen LogP contribution in [-0.2, 0) is 14.6 Å². The van der Waals surface area contributed by atoms with E-state index in [2.05, 4.69) is 17.9 Å². The Morgan fingerprint density at radius 1 is 1.45 bits per heavy atom. The van der Waals surface area contributed by atoms with Crippen molar-refractivity contribution in [2.75, 3.05) is 11.5 Å². The highest BCUT2D eigenvalue weighted by atomic mass is 32.2. The van der Waals surface area contributed by atoms with E-state index in [0.29, 0.717) is 6.41 Å². The van der Waals surface area contributed by atoms with Crippen LogP contribution in [0.25, 0.3) is 0 Å². The van der Waals surface area contributed by atoms with Crippen molar-refractivity contribution in [1.82, 2.24) is 5.32 Å². The maximum Gasteiger partial charge on any atom is 0.207 e. The normalized spacial score (nSPS) is 35.0. The van der Waals surface area contributed by atoms with Crippen LogP contribution in [0.1, 0.15) is 0 Å². The quantitative estimate of drug-likeness (QED) is 0.431. The van der Waals surface area contributed by atoms with Crippen molar-refractivity contribution < 1.29 is 13.2 Å². The van der Waals surface area contributed by atoms with Gasteiger partial charge in [-0.3, -0.25) is 4.79 Å². The minimum Gasteiger partial charge on any atom is -0.354 e. The second kappa shape index (κ2) is 3.02. The molecule has 0 unspecified atom stereocenters. The van der Waals surface area contributed by atoms with E-state index in [1.165, 1.54) is 0 Å². The average molecular weight is 195 g/mol. The molecule has 0 radical (unpaired) electrons. The molecule has 1 fully saturated rings. The number of nitrogens with one attached hydrogen (secondary N) is 1. The fraction of sp³-hybridized carbons (Fsp3) is 0.800. The van der Waals surface area contributed by atoms with Crippen molar-refractivity contribution >= 4 is 28.9 Å². The average Bonchev–Trinajstić information content (AvgIpc) is 2.07. The molecular weight excluding hydrogens is 186 g/mol. The maximum atomic E-state index is 10.9. The van der Waals surface area contributed by atoms with E-state index < -0.39 is 9.84 Å². The van der Waals surface area contributed by atoms with E-state index in [9.17, 15) is 13.2 Å². The molecule has 0 bridgehead atoms. The van der Waals surface area contributed by atoms with E-state index in [0.717, 1.165) is 0 Å². The van der Waals surface area contributed by atoms with E-state index in [-0.39, 0.29) is 22.8 Å². The number of amides is 1. The van der Waals surface area contributed by atoms with Gasteiger partial charge in [0.1, 0.15) is 0 Å². The summed E-state index contributed by atoms with van der Waals surface area (Å²) >= 11 is 4.03. The molecule has 0 saturated carbocycles. The molecule has 0 aromatic heterocycles. The lowest BCUT2D eigenvalue weighted by Gasteiger charge is -2.09. The van der Waals surface area contributed by atoms with Crippen molar-refractivity contribution in [2.45, 2.75) is 11.3 Å². The van der Waals surface area contributed by atoms with Gasteiger partial charge in [-0.15, -0.1) is 0 Å². The molecule has 1 heterocycles. The third-order valence-corrected chi connectivity index (χ3v) is 4.13. The molecule has 6 heteroatoms. The van der Waals surface area contributed by atoms with Crippen molar-refractivity contribution in [1.29, 1.82) is 0 Å². The van der Waals surface area contributed by atoms with Crippen LogP contribution >= 0.6 is 12.6 Å². The fourth-order valence-electron chi connectivity index (χ4n) is 1.08. The summed E-state index contributed by atoms with van der Waals surface area (Å²) < 4.78 is 21.8. The Morgan fingerprint density at radius 3 is 2.45 bits per heavy atom. The minimum absolute atomic E-state index is 0.0138. The fourth-order valence-corrected chi connectivity index (χ4v) is 3.86. The van der Waals surface area contributed by atoms with Crippen LogP contribution in [0, 0.1) is 0 Å². The Labute approximate surface area is 70.7 Å². The lowest BCUT2D eigenvalue weighted by atomic mass is 10.3. The van der Waals surface area contributed by atoms with Gasteiger partial charge < -0.3 is 5.32 Å². The maximum absolute atomic E-state index is 10.9. The smallest absolute Gasteiger partial charge is 0.207 e. The number of sulfone groups is 1. The third-order valence-electron chi connectivity index (χ3n) is 1.60. The van der Waals surface area contributed by atoms with E-state index in [4.69, 9.17) is 0 Å². The number of rotatable bonds is 2. The van der Waals surface area contributed by atoms with Gasteiger partial charge >= 0.3 is 0 Å². The van der Waals surface area contributed by atoms with Crippen molar-refractivity contribution in [3.05, 3.63) is 0 Å². The number of hydrogen-bond donors (Lipinski definition) is 2. The van der Waals surface area contributed by atoms with Crippen LogP contribution in [0.5, 0.6) is 0 Å². The zero-order valence-corrected chi connectivity index (χ0v) is 7.44. The summed E-state index contributed by atoms with van der Waals surface area (Å²) in [4.78, 5) is 9.98. The molecule has 1 N–H and O–H groups in total. The topological polar surface area (TPSA) is 63.2 Å². The Kier molecular flexibility index (Phi) is 2.43. The highest BCUT2D eigenvalue weighted by Gasteiger charge is 2.34. The minimum atomic E-state index is -2.96. The van der Waals surface area contributed by atoms with Crippen LogP contribution in [0.2, 0.25) is 0 Å². The molecule has 0 spiro atoms. The second-order valence-corrected chi connectivity index (χ2v) is 5.35. The van der Waals surface area contributed by atoms with Crippen molar-refractivity contribution in [3.63, 3.8) is 0 Å². The number of carbonyl (C=O) groups excluding carboxylic acids is 1. The molecule has 64 valence electrons. The van der Waals surface area contributed by atoms with Crippen LogP contribution in [0.15, 0.2) is 0 Å². The summed E-state index contributed by atoms with van der Waals surface area (Å²) in [5.41, 5.74) is 0. The predicted molar refractivity (Wildman–Crippen MR) is 44.4 cm³/mol. The lowest BCUT2D eigenvalue weighted by Crippen LogP contribution is -2.35. The van der Waals surface area contributed by atoms with Gasteiger partial charge in [-0.1, -0.05) is 0 Å². The summed E-state index contributed by atoms with van der Waals surface area (Å²) in [6.07, 6.45) is 0.509.